The Balaban J connectivity index is 0.000000261. The van der Waals surface area contributed by atoms with Crippen molar-refractivity contribution in [1.82, 2.24) is 5.32 Å². The predicted molar refractivity (Wildman–Crippen MR) is 133 cm³/mol. The minimum Gasteiger partial charge on any atom is -0.356 e. The number of fused-ring (bicyclic) bond motifs is 2. The van der Waals surface area contributed by atoms with E-state index < -0.39 is 0 Å². The molecule has 3 nitrogen and oxygen atoms in total. The molecule has 3 atom stereocenters. The molecule has 3 aliphatic carbocycles. The summed E-state index contributed by atoms with van der Waals surface area (Å²) in [5.74, 6) is 0.928. The Morgan fingerprint density at radius 3 is 2.19 bits per heavy atom. The molecule has 1 aromatic carbocycles. The fraction of sp³-hybridized carbons (Fsp3) is 0.750. The quantitative estimate of drug-likeness (QED) is 0.531. The van der Waals surface area contributed by atoms with Crippen LogP contribution in [-0.4, -0.2) is 19.5 Å². The minimum absolute atomic E-state index is 0.441. The smallest absolute Gasteiger partial charge is 0.207 e. The molecule has 3 aliphatic rings. The van der Waals surface area contributed by atoms with E-state index in [-0.39, 0.29) is 0 Å². The molecule has 4 rings (SSSR count). The van der Waals surface area contributed by atoms with Gasteiger partial charge in [-0.25, -0.2) is 0 Å². The van der Waals surface area contributed by atoms with Gasteiger partial charge < -0.3 is 11.1 Å². The van der Waals surface area contributed by atoms with Crippen molar-refractivity contribution in [3.8, 4) is 0 Å². The SMILES string of the molecule is CCC1(C)CC2CC(C)(C)CC(c3ccccc3)(C2)C1.CN.O=CNC1CCCCC1. The zero-order valence-corrected chi connectivity index (χ0v) is 20.9. The maximum absolute atomic E-state index is 9.96. The van der Waals surface area contributed by atoms with Crippen LogP contribution in [0, 0.1) is 16.7 Å². The van der Waals surface area contributed by atoms with Crippen molar-refractivity contribution in [3.05, 3.63) is 35.9 Å². The lowest BCUT2D eigenvalue weighted by atomic mass is 9.47. The molecule has 0 radical (unpaired) electrons. The monoisotopic (exact) mass is 428 g/mol. The summed E-state index contributed by atoms with van der Waals surface area (Å²) in [4.78, 5) is 9.96. The fourth-order valence-electron chi connectivity index (χ4n) is 7.08. The van der Waals surface area contributed by atoms with Crippen LogP contribution in [-0.2, 0) is 10.2 Å². The highest BCUT2D eigenvalue weighted by atomic mass is 16.1. The van der Waals surface area contributed by atoms with E-state index >= 15 is 0 Å². The number of benzene rings is 1. The number of carbonyl (C=O) groups excluding carboxylic acids is 1. The molecule has 176 valence electrons. The first-order chi connectivity index (χ1) is 14.8. The highest BCUT2D eigenvalue weighted by Crippen LogP contribution is 2.61. The first-order valence-electron chi connectivity index (χ1n) is 12.6. The van der Waals surface area contributed by atoms with E-state index in [1.54, 1.807) is 5.56 Å². The van der Waals surface area contributed by atoms with Gasteiger partial charge in [0, 0.05) is 6.04 Å². The van der Waals surface area contributed by atoms with Gasteiger partial charge in [-0.15, -0.1) is 0 Å². The van der Waals surface area contributed by atoms with E-state index in [1.165, 1.54) is 77.7 Å². The summed E-state index contributed by atoms with van der Waals surface area (Å²) in [6.07, 6.45) is 15.5. The number of hydrogen-bond acceptors (Lipinski definition) is 2. The van der Waals surface area contributed by atoms with Crippen molar-refractivity contribution in [1.29, 1.82) is 0 Å². The summed E-state index contributed by atoms with van der Waals surface area (Å²) >= 11 is 0. The van der Waals surface area contributed by atoms with Gasteiger partial charge in [0.1, 0.15) is 0 Å². The van der Waals surface area contributed by atoms with Crippen molar-refractivity contribution in [2.75, 3.05) is 7.05 Å². The van der Waals surface area contributed by atoms with Crippen LogP contribution in [0.5, 0.6) is 0 Å². The molecule has 1 aromatic rings. The molecular weight excluding hydrogens is 380 g/mol. The van der Waals surface area contributed by atoms with Crippen LogP contribution in [0.1, 0.15) is 104 Å². The lowest BCUT2D eigenvalue weighted by molar-refractivity contribution is -0.110. The van der Waals surface area contributed by atoms with Crippen molar-refractivity contribution in [2.45, 2.75) is 110 Å². The van der Waals surface area contributed by atoms with Crippen molar-refractivity contribution < 1.29 is 4.79 Å². The van der Waals surface area contributed by atoms with Crippen LogP contribution in [0.15, 0.2) is 30.3 Å². The molecule has 0 spiro atoms. The van der Waals surface area contributed by atoms with Gasteiger partial charge in [-0.05, 0) is 79.7 Å². The van der Waals surface area contributed by atoms with E-state index in [0.717, 1.165) is 12.3 Å². The molecule has 0 aliphatic heterocycles. The van der Waals surface area contributed by atoms with Crippen LogP contribution in [0.3, 0.4) is 0 Å². The van der Waals surface area contributed by atoms with Gasteiger partial charge in [0.15, 0.2) is 0 Å². The third-order valence-electron chi connectivity index (χ3n) is 8.03. The number of carbonyl (C=O) groups is 1. The molecule has 2 bridgehead atoms. The predicted octanol–water partition coefficient (Wildman–Crippen LogP) is 6.60. The minimum atomic E-state index is 0.441. The second-order valence-corrected chi connectivity index (χ2v) is 11.4. The van der Waals surface area contributed by atoms with Crippen LogP contribution in [0.2, 0.25) is 0 Å². The molecular formula is C28H48N2O. The topological polar surface area (TPSA) is 55.1 Å². The Bertz CT molecular complexity index is 652. The number of amides is 1. The van der Waals surface area contributed by atoms with Gasteiger partial charge in [0.2, 0.25) is 6.41 Å². The summed E-state index contributed by atoms with van der Waals surface area (Å²) in [5.41, 5.74) is 7.61. The molecule has 3 fully saturated rings. The average Bonchev–Trinajstić information content (AvgIpc) is 2.76. The highest BCUT2D eigenvalue weighted by Gasteiger charge is 2.52. The Kier molecular flexibility index (Phi) is 9.61. The van der Waals surface area contributed by atoms with Crippen molar-refractivity contribution in [2.24, 2.45) is 22.5 Å². The number of rotatable bonds is 4. The number of nitrogens with one attached hydrogen (secondary N) is 1. The maximum Gasteiger partial charge on any atom is 0.207 e. The Morgan fingerprint density at radius 1 is 0.968 bits per heavy atom. The van der Waals surface area contributed by atoms with Crippen molar-refractivity contribution >= 4 is 6.41 Å². The average molecular weight is 429 g/mol. The molecule has 3 saturated carbocycles. The van der Waals surface area contributed by atoms with Gasteiger partial charge in [-0.3, -0.25) is 4.79 Å². The van der Waals surface area contributed by atoms with Gasteiger partial charge >= 0.3 is 0 Å². The fourth-order valence-corrected chi connectivity index (χ4v) is 7.08. The molecule has 0 heterocycles. The van der Waals surface area contributed by atoms with E-state index in [2.05, 4.69) is 69.1 Å². The summed E-state index contributed by atoms with van der Waals surface area (Å²) in [5, 5.41) is 2.80. The number of hydrogen-bond donors (Lipinski definition) is 2. The second-order valence-electron chi connectivity index (χ2n) is 11.4. The van der Waals surface area contributed by atoms with Crippen LogP contribution in [0.4, 0.5) is 0 Å². The van der Waals surface area contributed by atoms with E-state index in [4.69, 9.17) is 0 Å². The highest BCUT2D eigenvalue weighted by molar-refractivity contribution is 5.46. The normalized spacial score (nSPS) is 31.9. The van der Waals surface area contributed by atoms with Crippen LogP contribution < -0.4 is 11.1 Å². The van der Waals surface area contributed by atoms with Gasteiger partial charge in [0.05, 0.1) is 0 Å². The van der Waals surface area contributed by atoms with Gasteiger partial charge in [-0.1, -0.05) is 83.7 Å². The summed E-state index contributed by atoms with van der Waals surface area (Å²) < 4.78 is 0. The molecule has 31 heavy (non-hydrogen) atoms. The third-order valence-corrected chi connectivity index (χ3v) is 8.03. The lowest BCUT2D eigenvalue weighted by Gasteiger charge is -2.57. The largest absolute Gasteiger partial charge is 0.356 e. The third kappa shape index (κ3) is 7.07. The van der Waals surface area contributed by atoms with Gasteiger partial charge in [0.25, 0.3) is 0 Å². The van der Waals surface area contributed by atoms with Crippen LogP contribution >= 0.6 is 0 Å². The van der Waals surface area contributed by atoms with E-state index in [0.29, 0.717) is 22.3 Å². The summed E-state index contributed by atoms with van der Waals surface area (Å²) in [6.45, 7) is 9.91. The molecule has 3 heteroatoms. The maximum atomic E-state index is 9.96. The zero-order chi connectivity index (χ0) is 23.0. The molecule has 1 amide bonds. The lowest BCUT2D eigenvalue weighted by Crippen LogP contribution is -2.49. The first-order valence-corrected chi connectivity index (χ1v) is 12.6. The molecule has 0 aromatic heterocycles. The molecule has 3 unspecified atom stereocenters. The van der Waals surface area contributed by atoms with Crippen LogP contribution in [0.25, 0.3) is 0 Å². The summed E-state index contributed by atoms with van der Waals surface area (Å²) in [7, 11) is 1.50. The van der Waals surface area contributed by atoms with E-state index in [9.17, 15) is 4.79 Å². The zero-order valence-electron chi connectivity index (χ0n) is 20.9. The molecule has 0 saturated heterocycles. The number of nitrogens with two attached hydrogens (primary N) is 1. The first kappa shape index (κ1) is 25.9. The molecule has 3 N–H and O–H groups in total. The Hall–Kier alpha value is -1.35. The Morgan fingerprint density at radius 2 is 1.61 bits per heavy atom. The standard InChI is InChI=1S/C20H30.C7H13NO.CH5N/c1-5-19(4)12-16-11-18(2,3)14-20(13-16,15-19)17-9-7-6-8-10-17;9-6-8-7-4-2-1-3-5-7;1-2/h6-10,16H,5,11-15H2,1-4H3;6-7H,1-5H2,(H,8,9);2H2,1H3. The van der Waals surface area contributed by atoms with E-state index in [1.807, 2.05) is 0 Å². The Labute approximate surface area is 192 Å². The summed E-state index contributed by atoms with van der Waals surface area (Å²) in [6, 6.07) is 11.9. The second kappa shape index (κ2) is 11.5. The van der Waals surface area contributed by atoms with Gasteiger partial charge in [-0.2, -0.15) is 0 Å². The van der Waals surface area contributed by atoms with Crippen molar-refractivity contribution in [3.63, 3.8) is 0 Å².